The summed E-state index contributed by atoms with van der Waals surface area (Å²) in [6, 6.07) is 12.6. The van der Waals surface area contributed by atoms with Crippen molar-refractivity contribution in [3.8, 4) is 5.75 Å². The van der Waals surface area contributed by atoms with Crippen molar-refractivity contribution in [2.75, 3.05) is 0 Å². The number of nitrogens with one attached hydrogen (secondary N) is 1. The molecule has 1 N–H and O–H groups in total. The van der Waals surface area contributed by atoms with E-state index in [0.29, 0.717) is 12.6 Å². The summed E-state index contributed by atoms with van der Waals surface area (Å²) in [5.41, 5.74) is 2.24. The minimum absolute atomic E-state index is 0.420. The summed E-state index contributed by atoms with van der Waals surface area (Å²) in [5.74, 6) is 3.01. The van der Waals surface area contributed by atoms with E-state index < -0.39 is 0 Å². The SMILES string of the molecule is Cc1nnc2n1C[C@@H](NCc1ccccc1OCc1cccnc1)CC2. The highest BCUT2D eigenvalue weighted by Crippen LogP contribution is 2.21. The summed E-state index contributed by atoms with van der Waals surface area (Å²) in [7, 11) is 0. The van der Waals surface area contributed by atoms with Crippen molar-refractivity contribution in [3.63, 3.8) is 0 Å². The second kappa shape index (κ2) is 7.66. The highest BCUT2D eigenvalue weighted by molar-refractivity contribution is 5.33. The molecule has 0 radical (unpaired) electrons. The Morgan fingerprint density at radius 1 is 1.19 bits per heavy atom. The average molecular weight is 349 g/mol. The molecule has 0 saturated carbocycles. The molecular formula is C20H23N5O. The number of hydrogen-bond acceptors (Lipinski definition) is 5. The Bertz CT molecular complexity index is 862. The maximum absolute atomic E-state index is 6.02. The average Bonchev–Trinajstić information content (AvgIpc) is 3.06. The Labute approximate surface area is 153 Å². The Balaban J connectivity index is 1.37. The maximum Gasteiger partial charge on any atom is 0.133 e. The molecule has 0 spiro atoms. The van der Waals surface area contributed by atoms with E-state index in [0.717, 1.165) is 48.9 Å². The quantitative estimate of drug-likeness (QED) is 0.741. The first-order valence-corrected chi connectivity index (χ1v) is 9.01. The monoisotopic (exact) mass is 349 g/mol. The Morgan fingerprint density at radius 2 is 2.12 bits per heavy atom. The van der Waals surface area contributed by atoms with Crippen LogP contribution in [0.1, 0.15) is 29.2 Å². The first-order valence-electron chi connectivity index (χ1n) is 9.01. The van der Waals surface area contributed by atoms with Crippen LogP contribution in [0.5, 0.6) is 5.75 Å². The second-order valence-corrected chi connectivity index (χ2v) is 6.65. The van der Waals surface area contributed by atoms with Crippen LogP contribution in [-0.4, -0.2) is 25.8 Å². The number of aromatic nitrogens is 4. The molecule has 1 aliphatic heterocycles. The molecule has 0 unspecified atom stereocenters. The van der Waals surface area contributed by atoms with Gasteiger partial charge in [0.25, 0.3) is 0 Å². The van der Waals surface area contributed by atoms with Gasteiger partial charge in [0.05, 0.1) is 0 Å². The van der Waals surface area contributed by atoms with Gasteiger partial charge in [-0.25, -0.2) is 0 Å². The molecule has 0 amide bonds. The number of aryl methyl sites for hydroxylation is 2. The summed E-state index contributed by atoms with van der Waals surface area (Å²) in [6.07, 6.45) is 5.66. The van der Waals surface area contributed by atoms with Gasteiger partial charge in [-0.1, -0.05) is 24.3 Å². The van der Waals surface area contributed by atoms with Gasteiger partial charge in [0.15, 0.2) is 0 Å². The number of ether oxygens (including phenoxy) is 1. The molecule has 3 heterocycles. The van der Waals surface area contributed by atoms with Crippen LogP contribution in [0, 0.1) is 6.92 Å². The number of benzene rings is 1. The summed E-state index contributed by atoms with van der Waals surface area (Å²) in [6.45, 7) is 4.25. The summed E-state index contributed by atoms with van der Waals surface area (Å²) >= 11 is 0. The largest absolute Gasteiger partial charge is 0.489 e. The van der Waals surface area contributed by atoms with Crippen LogP contribution >= 0.6 is 0 Å². The fourth-order valence-corrected chi connectivity index (χ4v) is 3.32. The maximum atomic E-state index is 6.02. The zero-order valence-corrected chi connectivity index (χ0v) is 14.9. The lowest BCUT2D eigenvalue weighted by Gasteiger charge is -2.25. The van der Waals surface area contributed by atoms with Gasteiger partial charge >= 0.3 is 0 Å². The molecule has 1 aromatic carbocycles. The van der Waals surface area contributed by atoms with E-state index in [-0.39, 0.29) is 0 Å². The fourth-order valence-electron chi connectivity index (χ4n) is 3.32. The zero-order chi connectivity index (χ0) is 17.8. The van der Waals surface area contributed by atoms with Crippen molar-refractivity contribution in [2.45, 2.75) is 45.5 Å². The van der Waals surface area contributed by atoms with Crippen molar-refractivity contribution in [2.24, 2.45) is 0 Å². The van der Waals surface area contributed by atoms with E-state index in [4.69, 9.17) is 4.74 Å². The molecule has 0 fully saturated rings. The predicted octanol–water partition coefficient (Wildman–Crippen LogP) is 2.67. The lowest BCUT2D eigenvalue weighted by molar-refractivity contribution is 0.299. The standard InChI is InChI=1S/C20H23N5O/c1-15-23-24-20-9-8-18(13-25(15)20)22-12-17-6-2-3-7-19(17)26-14-16-5-4-10-21-11-16/h2-7,10-11,18,22H,8-9,12-14H2,1H3/t18-/m0/s1. The zero-order valence-electron chi connectivity index (χ0n) is 14.9. The lowest BCUT2D eigenvalue weighted by Crippen LogP contribution is -2.37. The normalized spacial score (nSPS) is 16.3. The van der Waals surface area contributed by atoms with Crippen molar-refractivity contribution in [1.29, 1.82) is 0 Å². The molecule has 0 saturated heterocycles. The van der Waals surface area contributed by atoms with Crippen LogP contribution in [0.4, 0.5) is 0 Å². The third-order valence-electron chi connectivity index (χ3n) is 4.80. The molecule has 3 aromatic rings. The molecule has 1 atom stereocenters. The van der Waals surface area contributed by atoms with E-state index >= 15 is 0 Å². The first-order chi connectivity index (χ1) is 12.8. The van der Waals surface area contributed by atoms with Crippen molar-refractivity contribution in [3.05, 3.63) is 71.6 Å². The molecule has 0 aliphatic carbocycles. The Hall–Kier alpha value is -2.73. The van der Waals surface area contributed by atoms with Gasteiger partial charge in [-0.3, -0.25) is 4.98 Å². The van der Waals surface area contributed by atoms with Crippen LogP contribution in [-0.2, 0) is 26.1 Å². The number of pyridine rings is 1. The van der Waals surface area contributed by atoms with Crippen LogP contribution in [0.2, 0.25) is 0 Å². The topological polar surface area (TPSA) is 64.9 Å². The van der Waals surface area contributed by atoms with Crippen molar-refractivity contribution in [1.82, 2.24) is 25.1 Å². The van der Waals surface area contributed by atoms with Gasteiger partial charge in [-0.05, 0) is 25.5 Å². The molecular weight excluding hydrogens is 326 g/mol. The summed E-state index contributed by atoms with van der Waals surface area (Å²) in [4.78, 5) is 4.13. The molecule has 134 valence electrons. The minimum Gasteiger partial charge on any atom is -0.489 e. The number of nitrogens with zero attached hydrogens (tertiary/aromatic N) is 4. The molecule has 4 rings (SSSR count). The van der Waals surface area contributed by atoms with E-state index in [9.17, 15) is 0 Å². The third-order valence-corrected chi connectivity index (χ3v) is 4.80. The number of hydrogen-bond donors (Lipinski definition) is 1. The number of fused-ring (bicyclic) bond motifs is 1. The van der Waals surface area contributed by atoms with Crippen LogP contribution < -0.4 is 10.1 Å². The molecule has 6 heteroatoms. The van der Waals surface area contributed by atoms with Gasteiger partial charge in [0.2, 0.25) is 0 Å². The third kappa shape index (κ3) is 3.75. The van der Waals surface area contributed by atoms with Gasteiger partial charge in [-0.15, -0.1) is 10.2 Å². The van der Waals surface area contributed by atoms with Crippen molar-refractivity contribution < 1.29 is 4.74 Å². The molecule has 1 aliphatic rings. The fraction of sp³-hybridized carbons (Fsp3) is 0.350. The highest BCUT2D eigenvalue weighted by atomic mass is 16.5. The molecule has 0 bridgehead atoms. The van der Waals surface area contributed by atoms with Crippen LogP contribution in [0.25, 0.3) is 0 Å². The predicted molar refractivity (Wildman–Crippen MR) is 98.7 cm³/mol. The summed E-state index contributed by atoms with van der Waals surface area (Å²) in [5, 5.41) is 12.1. The van der Waals surface area contributed by atoms with Crippen LogP contribution in [0.15, 0.2) is 48.8 Å². The number of rotatable bonds is 6. The Morgan fingerprint density at radius 3 is 3.00 bits per heavy atom. The van der Waals surface area contributed by atoms with E-state index in [1.54, 1.807) is 6.20 Å². The van der Waals surface area contributed by atoms with Crippen LogP contribution in [0.3, 0.4) is 0 Å². The van der Waals surface area contributed by atoms with Gasteiger partial charge in [0, 0.05) is 49.1 Å². The highest BCUT2D eigenvalue weighted by Gasteiger charge is 2.21. The lowest BCUT2D eigenvalue weighted by atomic mass is 10.1. The van der Waals surface area contributed by atoms with E-state index in [1.807, 2.05) is 37.4 Å². The smallest absolute Gasteiger partial charge is 0.133 e. The summed E-state index contributed by atoms with van der Waals surface area (Å²) < 4.78 is 8.24. The Kier molecular flexibility index (Phi) is 4.93. The van der Waals surface area contributed by atoms with Crippen molar-refractivity contribution >= 4 is 0 Å². The first kappa shape index (κ1) is 16.7. The van der Waals surface area contributed by atoms with E-state index in [2.05, 4.69) is 37.2 Å². The molecule has 2 aromatic heterocycles. The number of para-hydroxylation sites is 1. The van der Waals surface area contributed by atoms with Gasteiger partial charge in [-0.2, -0.15) is 0 Å². The second-order valence-electron chi connectivity index (χ2n) is 6.65. The minimum atomic E-state index is 0.420. The van der Waals surface area contributed by atoms with E-state index in [1.165, 1.54) is 5.56 Å². The molecule has 6 nitrogen and oxygen atoms in total. The molecule has 26 heavy (non-hydrogen) atoms. The van der Waals surface area contributed by atoms with Gasteiger partial charge in [0.1, 0.15) is 24.0 Å². The van der Waals surface area contributed by atoms with Gasteiger partial charge < -0.3 is 14.6 Å².